The third-order valence-corrected chi connectivity index (χ3v) is 32.6. The topological polar surface area (TPSA) is 394 Å². The molecule has 12 N–H and O–H groups in total. The first kappa shape index (κ1) is 100. The summed E-state index contributed by atoms with van der Waals surface area (Å²) < 4.78 is 14.7. The van der Waals surface area contributed by atoms with Crippen LogP contribution in [0.25, 0.3) is 0 Å². The molecule has 6 aliphatic heterocycles. The van der Waals surface area contributed by atoms with Gasteiger partial charge in [0.05, 0.1) is 92.3 Å². The first-order valence-corrected chi connectivity index (χ1v) is 51.0. The number of allylic oxidation sites excluding steroid dienone is 12. The fourth-order valence-electron chi connectivity index (χ4n) is 26.0. The molecule has 6 aromatic carbocycles. The molecule has 26 nitrogen and oxygen atoms in total. The van der Waals surface area contributed by atoms with Gasteiger partial charge in [0, 0.05) is 134 Å². The van der Waals surface area contributed by atoms with Crippen molar-refractivity contribution in [2.24, 2.45) is 32.5 Å². The summed E-state index contributed by atoms with van der Waals surface area (Å²) in [6.07, 6.45) is 18.2. The normalized spacial score (nSPS) is 24.7. The standard InChI is InChI=1S/C20H22FN3O.2C20H20N4O.3C20H23N3O/c1-11-6-5-7-12(8-11)20(4)15-13(9-19(2,3)10-14(15)25)22-18-16(20)17(21)23-24-18;2*1-19(2)8-15-17(16(25)9-19)20(3,14-11-22-24-18(14)23-15)13-6-4-5-12(7-13)10-21;2*1-12-6-5-7-13(8-12)20(4)14-11-21-23-18(14)22-15-9-19(2,3)10-16(24)17(15)20;1-4-20(13-8-6-5-7-9-13)14-12-21-23-18(14)22-15-10-19(2,3)11-16(24)17(15)20/h5-8H,9-10H2,1-4H3,(H2,22,23,24);2*4-7,11H,8-9H2,1-3H3,(H2,22,23,24);2*5-8,11H,9-10H2,1-4H3,(H2,21,22,23);5-9,12H,4,10-11H2,1-3H3,(H2,21,22,23)/t;20-;;20-;;/m.0.0../s1. The minimum absolute atomic E-state index is 0.0173. The molecule has 27 heteroatoms. The van der Waals surface area contributed by atoms with Crippen molar-refractivity contribution in [2.75, 3.05) is 31.9 Å². The van der Waals surface area contributed by atoms with Gasteiger partial charge < -0.3 is 31.9 Å². The Kier molecular flexibility index (Phi) is 24.9. The predicted molar refractivity (Wildman–Crippen MR) is 569 cm³/mol. The third-order valence-electron chi connectivity index (χ3n) is 32.6. The van der Waals surface area contributed by atoms with Crippen LogP contribution in [0.5, 0.6) is 0 Å². The number of carbonyl (C=O) groups excluding carboxylic acids is 6. The Labute approximate surface area is 858 Å². The number of H-pyrrole nitrogens is 6. The lowest BCUT2D eigenvalue weighted by atomic mass is 9.60. The van der Waals surface area contributed by atoms with E-state index < -0.39 is 38.4 Å². The van der Waals surface area contributed by atoms with Crippen molar-refractivity contribution in [1.82, 2.24) is 61.2 Å². The van der Waals surface area contributed by atoms with Gasteiger partial charge in [0.25, 0.3) is 0 Å². The molecule has 0 saturated heterocycles. The summed E-state index contributed by atoms with van der Waals surface area (Å²) in [6.45, 7) is 44.3. The largest absolute Gasteiger partial charge is 0.343 e. The maximum absolute atomic E-state index is 14.7. The van der Waals surface area contributed by atoms with E-state index in [0.717, 1.165) is 203 Å². The number of benzene rings is 6. The fourth-order valence-corrected chi connectivity index (χ4v) is 26.0. The Morgan fingerprint density at radius 2 is 0.544 bits per heavy atom. The zero-order chi connectivity index (χ0) is 105. The van der Waals surface area contributed by atoms with E-state index in [2.05, 4.69) is 297 Å². The Balaban J connectivity index is 0.000000111. The molecular formula is C120H131FN20O6. The average Bonchev–Trinajstić information content (AvgIpc) is 1.74. The molecular weight excluding hydrogens is 1840 g/mol. The van der Waals surface area contributed by atoms with Gasteiger partial charge in [-0.1, -0.05) is 234 Å². The quantitative estimate of drug-likeness (QED) is 0.0705. The number of carbonyl (C=O) groups is 6. The van der Waals surface area contributed by atoms with E-state index in [1.165, 1.54) is 11.1 Å². The Bertz CT molecular complexity index is 7450. The van der Waals surface area contributed by atoms with Crippen molar-refractivity contribution in [1.29, 1.82) is 10.5 Å². The van der Waals surface area contributed by atoms with Crippen LogP contribution in [0.15, 0.2) is 250 Å². The van der Waals surface area contributed by atoms with Gasteiger partial charge in [0.15, 0.2) is 40.5 Å². The van der Waals surface area contributed by atoms with Gasteiger partial charge in [-0.05, 0) is 190 Å². The molecule has 24 rings (SSSR count). The van der Waals surface area contributed by atoms with E-state index in [0.29, 0.717) is 66.6 Å². The highest BCUT2D eigenvalue weighted by atomic mass is 19.1. The first-order valence-electron chi connectivity index (χ1n) is 51.0. The fraction of sp³-hybridized carbons (Fsp3) is 0.383. The highest BCUT2D eigenvalue weighted by Gasteiger charge is 2.57. The van der Waals surface area contributed by atoms with Gasteiger partial charge >= 0.3 is 0 Å². The second-order valence-electron chi connectivity index (χ2n) is 47.8. The van der Waals surface area contributed by atoms with Gasteiger partial charge in [0.2, 0.25) is 5.95 Å². The number of anilines is 6. The number of aromatic nitrogens is 12. The van der Waals surface area contributed by atoms with E-state index in [1.54, 1.807) is 24.5 Å². The van der Waals surface area contributed by atoms with E-state index in [1.807, 2.05) is 111 Å². The Morgan fingerprint density at radius 3 is 0.844 bits per heavy atom. The summed E-state index contributed by atoms with van der Waals surface area (Å²) in [5.74, 6) is 5.52. The van der Waals surface area contributed by atoms with Gasteiger partial charge in [0.1, 0.15) is 29.1 Å². The van der Waals surface area contributed by atoms with Crippen LogP contribution < -0.4 is 31.9 Å². The molecule has 4 unspecified atom stereocenters. The summed E-state index contributed by atoms with van der Waals surface area (Å²) >= 11 is 0. The molecule has 0 radical (unpaired) electrons. The number of aryl methyl sites for hydroxylation is 3. The second-order valence-corrected chi connectivity index (χ2v) is 47.8. The second kappa shape index (κ2) is 36.4. The molecule has 12 aliphatic rings. The van der Waals surface area contributed by atoms with Gasteiger partial charge in [-0.25, -0.2) is 0 Å². The number of nitrogens with one attached hydrogen (secondary N) is 12. The van der Waals surface area contributed by atoms with Gasteiger partial charge in [-0.2, -0.15) is 45.5 Å². The van der Waals surface area contributed by atoms with E-state index in [9.17, 15) is 43.7 Å². The van der Waals surface area contributed by atoms with Crippen molar-refractivity contribution in [2.45, 2.75) is 261 Å². The molecule has 0 spiro atoms. The highest BCUT2D eigenvalue weighted by molar-refractivity contribution is 6.07. The summed E-state index contributed by atoms with van der Waals surface area (Å²) in [4.78, 5) is 78.8. The lowest BCUT2D eigenvalue weighted by molar-refractivity contribution is -0.119. The van der Waals surface area contributed by atoms with Crippen LogP contribution in [-0.4, -0.2) is 95.9 Å². The number of aromatic amines is 6. The molecule has 754 valence electrons. The first-order chi connectivity index (χ1) is 69.5. The number of hydrogen-bond acceptors (Lipinski definition) is 20. The number of nitriles is 2. The van der Waals surface area contributed by atoms with Crippen LogP contribution in [0.3, 0.4) is 0 Å². The molecule has 0 amide bonds. The van der Waals surface area contributed by atoms with Crippen LogP contribution in [0, 0.1) is 81.9 Å². The van der Waals surface area contributed by atoms with Crippen LogP contribution in [-0.2, 0) is 61.3 Å². The third kappa shape index (κ3) is 17.4. The number of fused-ring (bicyclic) bond motifs is 6. The van der Waals surface area contributed by atoms with Crippen LogP contribution in [0.2, 0.25) is 0 Å². The molecule has 6 aliphatic carbocycles. The van der Waals surface area contributed by atoms with Crippen molar-refractivity contribution >= 4 is 69.6 Å². The van der Waals surface area contributed by atoms with E-state index in [-0.39, 0.29) is 67.2 Å². The Morgan fingerprint density at radius 1 is 0.293 bits per heavy atom. The van der Waals surface area contributed by atoms with E-state index >= 15 is 0 Å². The summed E-state index contributed by atoms with van der Waals surface area (Å²) in [5, 5.41) is 81.9. The monoisotopic (exact) mass is 1970 g/mol. The van der Waals surface area contributed by atoms with Gasteiger partial charge in [-0.3, -0.25) is 59.4 Å². The molecule has 12 heterocycles. The average molecular weight is 1970 g/mol. The maximum Gasteiger partial charge on any atom is 0.215 e. The summed E-state index contributed by atoms with van der Waals surface area (Å²) in [7, 11) is 0. The maximum atomic E-state index is 14.7. The number of nitrogens with zero attached hydrogens (tertiary/aromatic N) is 8. The SMILES string of the molecule is CC1(C)CC(=O)C2=C(C1)Nc1[nH]ncc1C2(C)c1cccc(C#N)c1.CC1(C)CC(=O)C2=C(C1)Nc1[nH]ncc1[C@]2(C)c1cccc(C#N)c1.CCC1(c2ccccc2)C2=C(CC(C)(C)CC2=O)Nc2[nH]ncc21.Cc1cccc(C2(C)C3=C(CC(C)(C)CC3=O)Nc3[nH]ncc32)c1.Cc1cccc(C2(C)C3=C(CC(C)(C)CC3=O)Nc3n[nH]c(F)c32)c1.Cc1cccc([C@]2(C)C3=C(CC(C)(C)CC3=O)Nc3[nH]ncc32)c1. The molecule has 6 atom stereocenters. The lowest BCUT2D eigenvalue weighted by Gasteiger charge is -2.45. The van der Waals surface area contributed by atoms with E-state index in [4.69, 9.17) is 0 Å². The summed E-state index contributed by atoms with van der Waals surface area (Å²) in [6, 6.07) is 54.6. The number of ketones is 6. The lowest BCUT2D eigenvalue weighted by Crippen LogP contribution is -2.43. The zero-order valence-electron chi connectivity index (χ0n) is 87.9. The van der Waals surface area contributed by atoms with Crippen molar-refractivity contribution in [3.63, 3.8) is 0 Å². The smallest absolute Gasteiger partial charge is 0.215 e. The number of rotatable bonds is 7. The highest BCUT2D eigenvalue weighted by Crippen LogP contribution is 2.61. The van der Waals surface area contributed by atoms with Crippen LogP contribution >= 0.6 is 0 Å². The number of Topliss-reactive ketones (excluding diaryl/α,β-unsaturated/α-hetero) is 6. The minimum atomic E-state index is -0.855. The van der Waals surface area contributed by atoms with Crippen molar-refractivity contribution < 1.29 is 33.2 Å². The number of halogens is 1. The molecule has 0 bridgehead atoms. The van der Waals surface area contributed by atoms with Gasteiger partial charge in [-0.15, -0.1) is 0 Å². The molecule has 12 aromatic rings. The predicted octanol–water partition coefficient (Wildman–Crippen LogP) is 23.9. The van der Waals surface area contributed by atoms with Crippen LogP contribution in [0.1, 0.15) is 303 Å². The zero-order valence-corrected chi connectivity index (χ0v) is 87.9. The number of hydrogen-bond donors (Lipinski definition) is 12. The molecule has 6 aromatic heterocycles. The van der Waals surface area contributed by atoms with Crippen molar-refractivity contribution in [3.8, 4) is 12.1 Å². The molecule has 0 saturated carbocycles. The molecule has 147 heavy (non-hydrogen) atoms. The molecule has 0 fully saturated rings. The minimum Gasteiger partial charge on any atom is -0.343 e. The van der Waals surface area contributed by atoms with Crippen molar-refractivity contribution in [3.05, 3.63) is 351 Å². The van der Waals surface area contributed by atoms with Crippen LogP contribution in [0.4, 0.5) is 39.3 Å². The summed E-state index contributed by atoms with van der Waals surface area (Å²) in [5.41, 5.74) is 23.5. The Hall–Kier alpha value is -15.3.